The predicted octanol–water partition coefficient (Wildman–Crippen LogP) is 1.89. The molecule has 2 heterocycles. The third kappa shape index (κ3) is 4.89. The van der Waals surface area contributed by atoms with E-state index < -0.39 is 0 Å². The first kappa shape index (κ1) is 18.2. The Labute approximate surface area is 147 Å². The lowest BCUT2D eigenvalue weighted by molar-refractivity contribution is 0.119. The van der Waals surface area contributed by atoms with Crippen molar-refractivity contribution in [2.45, 2.75) is 6.54 Å². The normalized spacial score (nSPS) is 16.3. The molecule has 0 spiro atoms. The van der Waals surface area contributed by atoms with Crippen molar-refractivity contribution in [1.29, 1.82) is 0 Å². The molecule has 0 unspecified atom stereocenters. The van der Waals surface area contributed by atoms with Crippen molar-refractivity contribution >= 4 is 24.0 Å². The quantitative estimate of drug-likeness (QED) is 0.880. The van der Waals surface area contributed by atoms with Crippen molar-refractivity contribution in [3.05, 3.63) is 35.2 Å². The summed E-state index contributed by atoms with van der Waals surface area (Å²) in [5.41, 5.74) is 6.50. The van der Waals surface area contributed by atoms with Crippen molar-refractivity contribution < 1.29 is 4.52 Å². The van der Waals surface area contributed by atoms with Crippen LogP contribution in [0.4, 0.5) is 0 Å². The maximum absolute atomic E-state index is 5.88. The largest absolute Gasteiger partial charge is 0.338 e. The van der Waals surface area contributed by atoms with Crippen molar-refractivity contribution in [1.82, 2.24) is 19.9 Å². The van der Waals surface area contributed by atoms with Crippen LogP contribution in [0.15, 0.2) is 28.8 Å². The number of piperazine rings is 1. The summed E-state index contributed by atoms with van der Waals surface area (Å²) in [5, 5.41) is 4.74. The fraction of sp³-hybridized carbons (Fsp3) is 0.467. The summed E-state index contributed by atoms with van der Waals surface area (Å²) < 4.78 is 5.36. The summed E-state index contributed by atoms with van der Waals surface area (Å²) in [4.78, 5) is 9.17. The SMILES string of the molecule is Cl.NCCN1CCN(Cc2nc(-c3ccc(Cl)cc3)no2)CC1. The lowest BCUT2D eigenvalue weighted by Gasteiger charge is -2.33. The van der Waals surface area contributed by atoms with Gasteiger partial charge < -0.3 is 10.3 Å². The Balaban J connectivity index is 0.00000192. The molecule has 1 fully saturated rings. The zero-order valence-corrected chi connectivity index (χ0v) is 14.4. The van der Waals surface area contributed by atoms with Gasteiger partial charge in [0.05, 0.1) is 6.54 Å². The number of rotatable bonds is 5. The van der Waals surface area contributed by atoms with Crippen LogP contribution in [0.2, 0.25) is 5.02 Å². The Bertz CT molecular complexity index is 596. The van der Waals surface area contributed by atoms with Crippen LogP contribution in [0.3, 0.4) is 0 Å². The van der Waals surface area contributed by atoms with Crippen LogP contribution in [-0.2, 0) is 6.54 Å². The number of hydrogen-bond donors (Lipinski definition) is 1. The second-order valence-electron chi connectivity index (χ2n) is 5.43. The highest BCUT2D eigenvalue weighted by Crippen LogP contribution is 2.19. The second kappa shape index (κ2) is 8.61. The summed E-state index contributed by atoms with van der Waals surface area (Å²) >= 11 is 5.88. The molecule has 0 saturated carbocycles. The summed E-state index contributed by atoms with van der Waals surface area (Å²) in [6, 6.07) is 7.43. The highest BCUT2D eigenvalue weighted by atomic mass is 35.5. The van der Waals surface area contributed by atoms with Crippen molar-refractivity contribution in [3.8, 4) is 11.4 Å². The van der Waals surface area contributed by atoms with Gasteiger partial charge in [-0.1, -0.05) is 16.8 Å². The molecule has 0 aliphatic carbocycles. The molecule has 8 heteroatoms. The van der Waals surface area contributed by atoms with Gasteiger partial charge >= 0.3 is 0 Å². The van der Waals surface area contributed by atoms with Gasteiger partial charge in [0.25, 0.3) is 0 Å². The van der Waals surface area contributed by atoms with Crippen LogP contribution >= 0.6 is 24.0 Å². The highest BCUT2D eigenvalue weighted by Gasteiger charge is 2.18. The summed E-state index contributed by atoms with van der Waals surface area (Å²) in [7, 11) is 0. The molecule has 0 amide bonds. The van der Waals surface area contributed by atoms with Crippen LogP contribution in [-0.4, -0.2) is 59.2 Å². The number of nitrogens with zero attached hydrogens (tertiary/aromatic N) is 4. The van der Waals surface area contributed by atoms with Crippen LogP contribution in [0.1, 0.15) is 5.89 Å². The van der Waals surface area contributed by atoms with Crippen LogP contribution in [0, 0.1) is 0 Å². The Morgan fingerprint density at radius 1 is 1.09 bits per heavy atom. The zero-order chi connectivity index (χ0) is 15.4. The molecule has 1 aliphatic rings. The molecule has 2 aromatic rings. The van der Waals surface area contributed by atoms with Gasteiger partial charge in [-0.25, -0.2) is 0 Å². The summed E-state index contributed by atoms with van der Waals surface area (Å²) in [5.74, 6) is 1.26. The van der Waals surface area contributed by atoms with Crippen molar-refractivity contribution in [3.63, 3.8) is 0 Å². The molecule has 6 nitrogen and oxygen atoms in total. The van der Waals surface area contributed by atoms with E-state index in [1.807, 2.05) is 24.3 Å². The third-order valence-electron chi connectivity index (χ3n) is 3.84. The van der Waals surface area contributed by atoms with Gasteiger partial charge in [0, 0.05) is 49.9 Å². The average Bonchev–Trinajstić information content (AvgIpc) is 2.99. The molecule has 3 rings (SSSR count). The van der Waals surface area contributed by atoms with E-state index in [1.165, 1.54) is 0 Å². The molecule has 1 aromatic heterocycles. The van der Waals surface area contributed by atoms with E-state index in [9.17, 15) is 0 Å². The van der Waals surface area contributed by atoms with Crippen molar-refractivity contribution in [2.75, 3.05) is 39.3 Å². The van der Waals surface area contributed by atoms with Crippen LogP contribution in [0.25, 0.3) is 11.4 Å². The Morgan fingerprint density at radius 3 is 2.39 bits per heavy atom. The standard InChI is InChI=1S/C15H20ClN5O.ClH/c16-13-3-1-12(2-4-13)15-18-14(22-19-15)11-21-9-7-20(6-5-17)8-10-21;/h1-4H,5-11,17H2;1H. The summed E-state index contributed by atoms with van der Waals surface area (Å²) in [6.07, 6.45) is 0. The minimum absolute atomic E-state index is 0. The van der Waals surface area contributed by atoms with Gasteiger partial charge in [0.15, 0.2) is 0 Å². The summed E-state index contributed by atoms with van der Waals surface area (Å²) in [6.45, 7) is 6.45. The smallest absolute Gasteiger partial charge is 0.241 e. The monoisotopic (exact) mass is 357 g/mol. The highest BCUT2D eigenvalue weighted by molar-refractivity contribution is 6.30. The zero-order valence-electron chi connectivity index (χ0n) is 12.8. The lowest BCUT2D eigenvalue weighted by Crippen LogP contribution is -2.47. The molecule has 1 aliphatic heterocycles. The number of aromatic nitrogens is 2. The minimum atomic E-state index is 0. The topological polar surface area (TPSA) is 71.4 Å². The fourth-order valence-electron chi connectivity index (χ4n) is 2.58. The van der Waals surface area contributed by atoms with E-state index >= 15 is 0 Å². The first-order valence-electron chi connectivity index (χ1n) is 7.48. The van der Waals surface area contributed by atoms with Gasteiger partial charge in [-0.2, -0.15) is 4.98 Å². The first-order valence-corrected chi connectivity index (χ1v) is 7.86. The Morgan fingerprint density at radius 2 is 1.74 bits per heavy atom. The molecule has 0 bridgehead atoms. The molecule has 2 N–H and O–H groups in total. The van der Waals surface area contributed by atoms with Crippen LogP contribution in [0.5, 0.6) is 0 Å². The molecule has 0 atom stereocenters. The Hall–Kier alpha value is -1.18. The van der Waals surface area contributed by atoms with Gasteiger partial charge in [0.1, 0.15) is 0 Å². The van der Waals surface area contributed by atoms with Crippen LogP contribution < -0.4 is 5.73 Å². The maximum Gasteiger partial charge on any atom is 0.241 e. The minimum Gasteiger partial charge on any atom is -0.338 e. The molecule has 23 heavy (non-hydrogen) atoms. The van der Waals surface area contributed by atoms with Gasteiger partial charge in [-0.3, -0.25) is 9.80 Å². The van der Waals surface area contributed by atoms with E-state index in [-0.39, 0.29) is 12.4 Å². The van der Waals surface area contributed by atoms with E-state index in [0.717, 1.165) is 38.3 Å². The number of hydrogen-bond acceptors (Lipinski definition) is 6. The fourth-order valence-corrected chi connectivity index (χ4v) is 2.71. The van der Waals surface area contributed by atoms with E-state index in [4.69, 9.17) is 21.9 Å². The van der Waals surface area contributed by atoms with E-state index in [1.54, 1.807) is 0 Å². The second-order valence-corrected chi connectivity index (χ2v) is 5.86. The maximum atomic E-state index is 5.88. The predicted molar refractivity (Wildman–Crippen MR) is 92.8 cm³/mol. The third-order valence-corrected chi connectivity index (χ3v) is 4.09. The van der Waals surface area contributed by atoms with Gasteiger partial charge in [-0.05, 0) is 24.3 Å². The average molecular weight is 358 g/mol. The molecular formula is C15H21Cl2N5O. The van der Waals surface area contributed by atoms with Crippen molar-refractivity contribution in [2.24, 2.45) is 5.73 Å². The molecular weight excluding hydrogens is 337 g/mol. The number of nitrogens with two attached hydrogens (primary N) is 1. The number of halogens is 2. The van der Waals surface area contributed by atoms with E-state index in [0.29, 0.717) is 29.8 Å². The molecule has 1 aromatic carbocycles. The first-order chi connectivity index (χ1) is 10.7. The Kier molecular flexibility index (Phi) is 6.80. The molecule has 1 saturated heterocycles. The van der Waals surface area contributed by atoms with Gasteiger partial charge in [0.2, 0.25) is 11.7 Å². The molecule has 126 valence electrons. The van der Waals surface area contributed by atoms with E-state index in [2.05, 4.69) is 19.9 Å². The lowest BCUT2D eigenvalue weighted by atomic mass is 10.2. The van der Waals surface area contributed by atoms with Gasteiger partial charge in [-0.15, -0.1) is 12.4 Å². The number of benzene rings is 1. The molecule has 0 radical (unpaired) electrons.